The van der Waals surface area contributed by atoms with Crippen LogP contribution in [0.4, 0.5) is 0 Å². The van der Waals surface area contributed by atoms with E-state index < -0.39 is 22.8 Å². The Balaban J connectivity index is 2.66. The van der Waals surface area contributed by atoms with E-state index in [2.05, 4.69) is 0 Å². The van der Waals surface area contributed by atoms with E-state index in [1.165, 1.54) is 0 Å². The zero-order valence-corrected chi connectivity index (χ0v) is 15.6. The van der Waals surface area contributed by atoms with Gasteiger partial charge in [-0.1, -0.05) is 39.8 Å². The maximum atomic E-state index is 12.1. The van der Waals surface area contributed by atoms with E-state index in [4.69, 9.17) is 9.47 Å². The lowest BCUT2D eigenvalue weighted by Gasteiger charge is -2.21. The summed E-state index contributed by atoms with van der Waals surface area (Å²) in [4.78, 5) is 24.3. The molecule has 0 radical (unpaired) electrons. The molecule has 6 nitrogen and oxygen atoms in total. The number of carbonyl (C=O) groups is 2. The first kappa shape index (κ1) is 21.4. The number of hydrogen-bond acceptors (Lipinski definition) is 6. The fraction of sp³-hybridized carbons (Fsp3) is 0.684. The topological polar surface area (TPSA) is 93.1 Å². The number of ether oxygens (including phenoxy) is 2. The minimum atomic E-state index is -0.481. The van der Waals surface area contributed by atoms with Gasteiger partial charge >= 0.3 is 11.9 Å². The van der Waals surface area contributed by atoms with Crippen molar-refractivity contribution in [2.75, 3.05) is 26.4 Å². The van der Waals surface area contributed by atoms with Crippen LogP contribution in [0.1, 0.15) is 47.0 Å². The molecule has 0 saturated heterocycles. The van der Waals surface area contributed by atoms with Crippen molar-refractivity contribution in [3.63, 3.8) is 0 Å². The maximum Gasteiger partial charge on any atom is 0.334 e. The molecule has 0 fully saturated rings. The van der Waals surface area contributed by atoms with Crippen molar-refractivity contribution in [3.8, 4) is 0 Å². The van der Waals surface area contributed by atoms with Crippen molar-refractivity contribution < 1.29 is 29.3 Å². The van der Waals surface area contributed by atoms with E-state index >= 15 is 0 Å². The molecule has 0 spiro atoms. The Morgan fingerprint density at radius 2 is 1.24 bits per heavy atom. The van der Waals surface area contributed by atoms with Gasteiger partial charge in [0.05, 0.1) is 26.4 Å². The summed E-state index contributed by atoms with van der Waals surface area (Å²) in [5.41, 5.74) is 0.0516. The first-order valence-corrected chi connectivity index (χ1v) is 8.56. The van der Waals surface area contributed by atoms with Crippen LogP contribution in [0.15, 0.2) is 23.3 Å². The number of carbonyl (C=O) groups excluding carboxylic acids is 2. The van der Waals surface area contributed by atoms with Gasteiger partial charge in [-0.3, -0.25) is 0 Å². The second-order valence-corrected chi connectivity index (χ2v) is 8.03. The molecular weight excluding hydrogens is 324 g/mol. The fourth-order valence-corrected chi connectivity index (χ4v) is 1.98. The molecule has 0 saturated carbocycles. The van der Waals surface area contributed by atoms with Crippen molar-refractivity contribution in [2.24, 2.45) is 10.8 Å². The van der Waals surface area contributed by atoms with E-state index in [-0.39, 0.29) is 26.4 Å². The van der Waals surface area contributed by atoms with Crippen LogP contribution in [-0.2, 0) is 19.1 Å². The highest BCUT2D eigenvalue weighted by Crippen LogP contribution is 2.22. The SMILES string of the molecule is CC(C)(CO)COC(=O)C1=CC=C(C(=O)OCC(C)(C)CO)CCC1. The van der Waals surface area contributed by atoms with Crippen LogP contribution in [0.3, 0.4) is 0 Å². The van der Waals surface area contributed by atoms with Gasteiger partial charge in [-0.25, -0.2) is 9.59 Å². The van der Waals surface area contributed by atoms with Gasteiger partial charge in [0.1, 0.15) is 0 Å². The highest BCUT2D eigenvalue weighted by molar-refractivity contribution is 5.92. The summed E-state index contributed by atoms with van der Waals surface area (Å²) < 4.78 is 10.5. The number of esters is 2. The third-order valence-electron chi connectivity index (χ3n) is 3.95. The molecule has 0 atom stereocenters. The molecule has 0 heterocycles. The van der Waals surface area contributed by atoms with Gasteiger partial charge < -0.3 is 19.7 Å². The summed E-state index contributed by atoms with van der Waals surface area (Å²) in [6.45, 7) is 7.36. The number of aliphatic hydroxyl groups excluding tert-OH is 2. The zero-order chi connectivity index (χ0) is 19.1. The molecule has 0 bridgehead atoms. The van der Waals surface area contributed by atoms with Crippen LogP contribution in [-0.4, -0.2) is 48.6 Å². The summed E-state index contributed by atoms with van der Waals surface area (Å²) in [7, 11) is 0. The third-order valence-corrected chi connectivity index (χ3v) is 3.95. The Morgan fingerprint density at radius 1 is 0.880 bits per heavy atom. The first-order chi connectivity index (χ1) is 11.6. The van der Waals surface area contributed by atoms with Gasteiger partial charge in [0, 0.05) is 22.0 Å². The normalized spacial score (nSPS) is 15.8. The Morgan fingerprint density at radius 3 is 1.56 bits per heavy atom. The van der Waals surface area contributed by atoms with E-state index in [0.717, 1.165) is 0 Å². The van der Waals surface area contributed by atoms with Crippen molar-refractivity contribution in [3.05, 3.63) is 23.3 Å². The first-order valence-electron chi connectivity index (χ1n) is 8.56. The molecule has 1 aliphatic carbocycles. The fourth-order valence-electron chi connectivity index (χ4n) is 1.98. The molecule has 0 aromatic heterocycles. The molecule has 25 heavy (non-hydrogen) atoms. The predicted octanol–water partition coefficient (Wildman–Crippen LogP) is 2.15. The summed E-state index contributed by atoms with van der Waals surface area (Å²) in [6.07, 6.45) is 4.90. The van der Waals surface area contributed by atoms with Crippen molar-refractivity contribution in [2.45, 2.75) is 47.0 Å². The molecule has 0 aliphatic heterocycles. The molecule has 2 N–H and O–H groups in total. The molecule has 0 amide bonds. The predicted molar refractivity (Wildman–Crippen MR) is 93.7 cm³/mol. The van der Waals surface area contributed by atoms with Crippen molar-refractivity contribution >= 4 is 11.9 Å². The Labute approximate surface area is 149 Å². The van der Waals surface area contributed by atoms with Crippen LogP contribution in [0, 0.1) is 10.8 Å². The Hall–Kier alpha value is -1.66. The van der Waals surface area contributed by atoms with Crippen LogP contribution in [0.5, 0.6) is 0 Å². The number of allylic oxidation sites excluding steroid dienone is 2. The second kappa shape index (κ2) is 9.15. The van der Waals surface area contributed by atoms with Crippen LogP contribution >= 0.6 is 0 Å². The summed E-state index contributed by atoms with van der Waals surface area (Å²) >= 11 is 0. The van der Waals surface area contributed by atoms with Gasteiger partial charge in [0.2, 0.25) is 0 Å². The summed E-state index contributed by atoms with van der Waals surface area (Å²) in [6, 6.07) is 0. The maximum absolute atomic E-state index is 12.1. The Kier molecular flexibility index (Phi) is 7.83. The van der Waals surface area contributed by atoms with Gasteiger partial charge in [-0.05, 0) is 19.3 Å². The second-order valence-electron chi connectivity index (χ2n) is 8.03. The summed E-state index contributed by atoms with van der Waals surface area (Å²) in [5.74, 6) is -0.845. The number of hydrogen-bond donors (Lipinski definition) is 2. The monoisotopic (exact) mass is 354 g/mol. The molecule has 6 heteroatoms. The van der Waals surface area contributed by atoms with Crippen LogP contribution in [0.25, 0.3) is 0 Å². The van der Waals surface area contributed by atoms with Crippen molar-refractivity contribution in [1.82, 2.24) is 0 Å². The quantitative estimate of drug-likeness (QED) is 0.649. The molecule has 0 unspecified atom stereocenters. The van der Waals surface area contributed by atoms with Gasteiger partial charge in [-0.2, -0.15) is 0 Å². The highest BCUT2D eigenvalue weighted by atomic mass is 16.5. The van der Waals surface area contributed by atoms with Gasteiger partial charge in [0.15, 0.2) is 0 Å². The molecule has 0 aromatic carbocycles. The van der Waals surface area contributed by atoms with Crippen LogP contribution in [0.2, 0.25) is 0 Å². The molecule has 1 aliphatic rings. The molecule has 142 valence electrons. The number of aliphatic hydroxyl groups is 2. The zero-order valence-electron chi connectivity index (χ0n) is 15.6. The minimum Gasteiger partial charge on any atom is -0.462 e. The summed E-state index contributed by atoms with van der Waals surface area (Å²) in [5, 5.41) is 18.4. The van der Waals surface area contributed by atoms with Gasteiger partial charge in [-0.15, -0.1) is 0 Å². The average molecular weight is 354 g/mol. The lowest BCUT2D eigenvalue weighted by molar-refractivity contribution is -0.143. The smallest absolute Gasteiger partial charge is 0.334 e. The largest absolute Gasteiger partial charge is 0.462 e. The molecule has 0 aromatic rings. The highest BCUT2D eigenvalue weighted by Gasteiger charge is 2.23. The minimum absolute atomic E-state index is 0.0700. The van der Waals surface area contributed by atoms with Crippen LogP contribution < -0.4 is 0 Å². The van der Waals surface area contributed by atoms with Gasteiger partial charge in [0.25, 0.3) is 0 Å². The van der Waals surface area contributed by atoms with E-state index in [1.54, 1.807) is 12.2 Å². The lowest BCUT2D eigenvalue weighted by Crippen LogP contribution is -2.26. The Bertz CT molecular complexity index is 494. The molecular formula is C19H30O6. The number of rotatable bonds is 8. The van der Waals surface area contributed by atoms with E-state index in [0.29, 0.717) is 30.4 Å². The standard InChI is InChI=1S/C19H30O6/c1-18(2,10-20)12-24-16(22)14-6-5-7-15(9-8-14)17(23)25-13-19(3,4)11-21/h8-9,20-21H,5-7,10-13H2,1-4H3. The van der Waals surface area contributed by atoms with E-state index in [9.17, 15) is 19.8 Å². The van der Waals surface area contributed by atoms with E-state index in [1.807, 2.05) is 27.7 Å². The molecule has 1 rings (SSSR count). The average Bonchev–Trinajstić information content (AvgIpc) is 2.84. The third kappa shape index (κ3) is 7.40. The lowest BCUT2D eigenvalue weighted by atomic mass is 9.96. The van der Waals surface area contributed by atoms with Crippen molar-refractivity contribution in [1.29, 1.82) is 0 Å².